The normalized spacial score (nSPS) is 11.8. The number of urea groups is 1. The number of carbonyl (C=O) groups is 2. The molecule has 0 aliphatic carbocycles. The Morgan fingerprint density at radius 2 is 2.33 bits per heavy atom. The maximum absolute atomic E-state index is 11.5. The molecule has 8 heteroatoms. The Bertz CT molecular complexity index is 379. The quantitative estimate of drug-likeness (QED) is 0.556. The number of nitrogens with zero attached hydrogens (tertiary/aromatic N) is 2. The van der Waals surface area contributed by atoms with Gasteiger partial charge in [-0.25, -0.2) is 14.6 Å². The summed E-state index contributed by atoms with van der Waals surface area (Å²) >= 11 is 0. The molecule has 1 heterocycles. The van der Waals surface area contributed by atoms with Gasteiger partial charge in [-0.3, -0.25) is 5.10 Å². The van der Waals surface area contributed by atoms with Crippen LogP contribution in [0.1, 0.15) is 32.0 Å². The lowest BCUT2D eigenvalue weighted by molar-refractivity contribution is -0.139. The van der Waals surface area contributed by atoms with Gasteiger partial charge in [0.05, 0.1) is 6.54 Å². The molecule has 8 nitrogen and oxygen atoms in total. The van der Waals surface area contributed by atoms with Gasteiger partial charge < -0.3 is 15.7 Å². The van der Waals surface area contributed by atoms with Crippen LogP contribution >= 0.6 is 0 Å². The van der Waals surface area contributed by atoms with Crippen LogP contribution in [-0.4, -0.2) is 38.3 Å². The molecule has 0 unspecified atom stereocenters. The molecule has 18 heavy (non-hydrogen) atoms. The van der Waals surface area contributed by atoms with Crippen molar-refractivity contribution in [1.82, 2.24) is 25.8 Å². The molecule has 0 bridgehead atoms. The van der Waals surface area contributed by atoms with Gasteiger partial charge in [0.2, 0.25) is 0 Å². The van der Waals surface area contributed by atoms with E-state index in [0.717, 1.165) is 12.8 Å². The zero-order chi connectivity index (χ0) is 13.4. The van der Waals surface area contributed by atoms with Crippen molar-refractivity contribution in [2.24, 2.45) is 0 Å². The van der Waals surface area contributed by atoms with Crippen molar-refractivity contribution in [2.45, 2.75) is 38.8 Å². The molecule has 1 atom stereocenters. The molecule has 4 N–H and O–H groups in total. The predicted molar refractivity (Wildman–Crippen MR) is 62.7 cm³/mol. The summed E-state index contributed by atoms with van der Waals surface area (Å²) in [6.45, 7) is 2.13. The van der Waals surface area contributed by atoms with E-state index in [-0.39, 0.29) is 6.54 Å². The molecule has 0 fully saturated rings. The first-order valence-electron chi connectivity index (χ1n) is 5.75. The molecule has 1 aromatic heterocycles. The zero-order valence-corrected chi connectivity index (χ0v) is 10.1. The van der Waals surface area contributed by atoms with Crippen molar-refractivity contribution in [3.63, 3.8) is 0 Å². The molecule has 100 valence electrons. The van der Waals surface area contributed by atoms with E-state index in [1.54, 1.807) is 0 Å². The SMILES string of the molecule is CCCC[C@H](NC(=O)NCc1ncn[nH]1)C(=O)O. The van der Waals surface area contributed by atoms with Crippen LogP contribution in [0.15, 0.2) is 6.33 Å². The molecule has 0 spiro atoms. The molecule has 0 saturated heterocycles. The van der Waals surface area contributed by atoms with E-state index in [4.69, 9.17) is 5.11 Å². The van der Waals surface area contributed by atoms with E-state index in [9.17, 15) is 9.59 Å². The average molecular weight is 255 g/mol. The number of carbonyl (C=O) groups excluding carboxylic acids is 1. The Balaban J connectivity index is 2.34. The molecule has 0 aliphatic rings. The van der Waals surface area contributed by atoms with Gasteiger partial charge in [0.25, 0.3) is 0 Å². The minimum Gasteiger partial charge on any atom is -0.480 e. The number of hydrogen-bond acceptors (Lipinski definition) is 4. The van der Waals surface area contributed by atoms with Gasteiger partial charge in [-0.15, -0.1) is 0 Å². The summed E-state index contributed by atoms with van der Waals surface area (Å²) in [5, 5.41) is 20.0. The second-order valence-corrected chi connectivity index (χ2v) is 3.79. The van der Waals surface area contributed by atoms with Crippen molar-refractivity contribution in [3.05, 3.63) is 12.2 Å². The maximum Gasteiger partial charge on any atom is 0.326 e. The molecule has 0 aromatic carbocycles. The number of carboxylic acid groups (broad SMARTS) is 1. The fourth-order valence-corrected chi connectivity index (χ4v) is 1.35. The first kappa shape index (κ1) is 13.9. The van der Waals surface area contributed by atoms with Crippen LogP contribution in [0.5, 0.6) is 0 Å². The third-order valence-corrected chi connectivity index (χ3v) is 2.33. The second kappa shape index (κ2) is 7.25. The monoisotopic (exact) mass is 255 g/mol. The number of aromatic nitrogens is 3. The summed E-state index contributed by atoms with van der Waals surface area (Å²) in [6, 6.07) is -1.39. The summed E-state index contributed by atoms with van der Waals surface area (Å²) in [5.41, 5.74) is 0. The number of rotatable bonds is 7. The van der Waals surface area contributed by atoms with Gasteiger partial charge in [-0.2, -0.15) is 5.10 Å². The number of aromatic amines is 1. The lowest BCUT2D eigenvalue weighted by Crippen LogP contribution is -2.45. The molecule has 0 radical (unpaired) electrons. The van der Waals surface area contributed by atoms with Crippen molar-refractivity contribution in [2.75, 3.05) is 0 Å². The van der Waals surface area contributed by atoms with E-state index in [1.165, 1.54) is 6.33 Å². The Hall–Kier alpha value is -2.12. The van der Waals surface area contributed by atoms with Crippen LogP contribution < -0.4 is 10.6 Å². The van der Waals surface area contributed by atoms with Crippen LogP contribution in [0.25, 0.3) is 0 Å². The van der Waals surface area contributed by atoms with E-state index in [2.05, 4.69) is 25.8 Å². The Morgan fingerprint density at radius 1 is 1.56 bits per heavy atom. The van der Waals surface area contributed by atoms with Gasteiger partial charge in [0.1, 0.15) is 18.2 Å². The topological polar surface area (TPSA) is 120 Å². The minimum atomic E-state index is -1.03. The molecular weight excluding hydrogens is 238 g/mol. The van der Waals surface area contributed by atoms with Crippen LogP contribution in [0.3, 0.4) is 0 Å². The first-order valence-corrected chi connectivity index (χ1v) is 5.75. The third kappa shape index (κ3) is 4.81. The number of amides is 2. The van der Waals surface area contributed by atoms with Crippen molar-refractivity contribution < 1.29 is 14.7 Å². The molecule has 1 aromatic rings. The number of carboxylic acids is 1. The third-order valence-electron chi connectivity index (χ3n) is 2.33. The van der Waals surface area contributed by atoms with Crippen molar-refractivity contribution >= 4 is 12.0 Å². The first-order chi connectivity index (χ1) is 8.63. The lowest BCUT2D eigenvalue weighted by atomic mass is 10.1. The van der Waals surface area contributed by atoms with E-state index >= 15 is 0 Å². The summed E-state index contributed by atoms with van der Waals surface area (Å²) in [6.07, 6.45) is 3.38. The van der Waals surface area contributed by atoms with E-state index < -0.39 is 18.0 Å². The van der Waals surface area contributed by atoms with Gasteiger partial charge >= 0.3 is 12.0 Å². The Kier molecular flexibility index (Phi) is 5.62. The van der Waals surface area contributed by atoms with Gasteiger partial charge in [-0.05, 0) is 6.42 Å². The van der Waals surface area contributed by atoms with Crippen LogP contribution in [0.2, 0.25) is 0 Å². The van der Waals surface area contributed by atoms with E-state index in [0.29, 0.717) is 12.2 Å². The fourth-order valence-electron chi connectivity index (χ4n) is 1.35. The number of aliphatic carboxylic acids is 1. The maximum atomic E-state index is 11.5. The lowest BCUT2D eigenvalue weighted by Gasteiger charge is -2.14. The highest BCUT2D eigenvalue weighted by Gasteiger charge is 2.18. The molecule has 0 aliphatic heterocycles. The standard InChI is InChI=1S/C10H17N5O3/c1-2-3-4-7(9(16)17)14-10(18)11-5-8-12-6-13-15-8/h6-7H,2-5H2,1H3,(H,16,17)(H2,11,14,18)(H,12,13,15)/t7-/m0/s1. The van der Waals surface area contributed by atoms with Crippen molar-refractivity contribution in [3.8, 4) is 0 Å². The zero-order valence-electron chi connectivity index (χ0n) is 10.1. The van der Waals surface area contributed by atoms with E-state index in [1.807, 2.05) is 6.92 Å². The van der Waals surface area contributed by atoms with Crippen LogP contribution in [-0.2, 0) is 11.3 Å². The summed E-state index contributed by atoms with van der Waals surface area (Å²) in [4.78, 5) is 26.2. The summed E-state index contributed by atoms with van der Waals surface area (Å²) < 4.78 is 0. The number of unbranched alkanes of at least 4 members (excludes halogenated alkanes) is 1. The number of nitrogens with one attached hydrogen (secondary N) is 3. The highest BCUT2D eigenvalue weighted by molar-refractivity contribution is 5.82. The highest BCUT2D eigenvalue weighted by atomic mass is 16.4. The number of hydrogen-bond donors (Lipinski definition) is 4. The van der Waals surface area contributed by atoms with Gasteiger partial charge in [0, 0.05) is 0 Å². The summed E-state index contributed by atoms with van der Waals surface area (Å²) in [5.74, 6) is -0.524. The minimum absolute atomic E-state index is 0.173. The smallest absolute Gasteiger partial charge is 0.326 e. The van der Waals surface area contributed by atoms with Crippen LogP contribution in [0.4, 0.5) is 4.79 Å². The van der Waals surface area contributed by atoms with Gasteiger partial charge in [-0.1, -0.05) is 19.8 Å². The molecule has 1 rings (SSSR count). The average Bonchev–Trinajstić information content (AvgIpc) is 2.84. The predicted octanol–water partition coefficient (Wildman–Crippen LogP) is 0.247. The largest absolute Gasteiger partial charge is 0.480 e. The van der Waals surface area contributed by atoms with Gasteiger partial charge in [0.15, 0.2) is 0 Å². The summed E-state index contributed by atoms with van der Waals surface area (Å²) in [7, 11) is 0. The number of H-pyrrole nitrogens is 1. The fraction of sp³-hybridized carbons (Fsp3) is 0.600. The van der Waals surface area contributed by atoms with Crippen molar-refractivity contribution in [1.29, 1.82) is 0 Å². The highest BCUT2D eigenvalue weighted by Crippen LogP contribution is 2.00. The van der Waals surface area contributed by atoms with Crippen LogP contribution in [0, 0.1) is 0 Å². The molecule has 2 amide bonds. The Labute approximate surface area is 104 Å². The molecule has 0 saturated carbocycles. The molecular formula is C10H17N5O3. The Morgan fingerprint density at radius 3 is 2.89 bits per heavy atom. The second-order valence-electron chi connectivity index (χ2n) is 3.79.